The second-order valence-corrected chi connectivity index (χ2v) is 3.91. The third kappa shape index (κ3) is 4.34. The van der Waals surface area contributed by atoms with Crippen molar-refractivity contribution in [1.29, 1.82) is 5.26 Å². The van der Waals surface area contributed by atoms with E-state index in [-0.39, 0.29) is 21.1 Å². The van der Waals surface area contributed by atoms with Crippen LogP contribution in [-0.2, 0) is 21.1 Å². The maximum absolute atomic E-state index is 6.25. The van der Waals surface area contributed by atoms with Crippen LogP contribution in [0, 0.1) is 17.9 Å². The molecule has 0 atom stereocenters. The van der Waals surface area contributed by atoms with E-state index in [9.17, 15) is 0 Å². The Balaban J connectivity index is 0.000000706. The van der Waals surface area contributed by atoms with Gasteiger partial charge >= 0.3 is 0 Å². The number of aromatic nitrogens is 2. The fraction of sp³-hybridized carbons (Fsp3) is 0. The molecule has 0 spiro atoms. The molecule has 0 aliphatic carbocycles. The number of hydrogen-bond acceptors (Lipinski definition) is 3. The fourth-order valence-corrected chi connectivity index (χ4v) is 1.81. The third-order valence-electron chi connectivity index (χ3n) is 2.68. The second-order valence-electron chi connectivity index (χ2n) is 3.91. The Hall–Kier alpha value is -2.30. The van der Waals surface area contributed by atoms with E-state index >= 15 is 0 Å². The summed E-state index contributed by atoms with van der Waals surface area (Å²) in [4.78, 5) is 8.66. The molecule has 0 bridgehead atoms. The van der Waals surface area contributed by atoms with Crippen molar-refractivity contribution in [1.82, 2.24) is 9.97 Å². The minimum atomic E-state index is 0. The fourth-order valence-electron chi connectivity index (χ4n) is 1.81. The average molecular weight is 452 g/mol. The summed E-state index contributed by atoms with van der Waals surface area (Å²) in [7, 11) is 0. The molecule has 2 heterocycles. The van der Waals surface area contributed by atoms with E-state index in [1.807, 2.05) is 54.6 Å². The quantitative estimate of drug-likeness (QED) is 0.558. The maximum atomic E-state index is 6.25. The van der Waals surface area contributed by atoms with Crippen LogP contribution in [0.25, 0.3) is 22.5 Å². The van der Waals surface area contributed by atoms with Crippen molar-refractivity contribution in [3.05, 3.63) is 79.6 Å². The molecule has 21 heavy (non-hydrogen) atoms. The Morgan fingerprint density at radius 3 is 1.57 bits per heavy atom. The van der Waals surface area contributed by atoms with Gasteiger partial charge in [0, 0.05) is 44.8 Å². The molecule has 1 aromatic carbocycles. The summed E-state index contributed by atoms with van der Waals surface area (Å²) in [5.74, 6) is 0. The predicted molar refractivity (Wildman–Crippen MR) is 76.7 cm³/mol. The molecule has 3 nitrogen and oxygen atoms in total. The summed E-state index contributed by atoms with van der Waals surface area (Å²) < 4.78 is 0. The van der Waals surface area contributed by atoms with Crippen molar-refractivity contribution in [2.24, 2.45) is 0 Å². The van der Waals surface area contributed by atoms with Crippen LogP contribution in [0.4, 0.5) is 0 Å². The first kappa shape index (κ1) is 16.8. The molecule has 0 radical (unpaired) electrons. The van der Waals surface area contributed by atoms with Gasteiger partial charge in [0.25, 0.3) is 0 Å². The van der Waals surface area contributed by atoms with Crippen LogP contribution in [0.2, 0.25) is 0 Å². The first-order valence-corrected chi connectivity index (χ1v) is 6.01. The van der Waals surface area contributed by atoms with Crippen LogP contribution < -0.4 is 0 Å². The van der Waals surface area contributed by atoms with Gasteiger partial charge in [-0.3, -0.25) is 9.97 Å². The smallest absolute Gasteiger partial charge is 0.0183 e. The van der Waals surface area contributed by atoms with Crippen LogP contribution in [0.1, 0.15) is 0 Å². The molecule has 0 saturated heterocycles. The zero-order chi connectivity index (χ0) is 14.2. The van der Waals surface area contributed by atoms with Gasteiger partial charge in [-0.2, -0.15) is 0 Å². The van der Waals surface area contributed by atoms with E-state index in [2.05, 4.69) is 16.0 Å². The van der Waals surface area contributed by atoms with Gasteiger partial charge in [0.05, 0.1) is 0 Å². The Labute approximate surface area is 138 Å². The summed E-state index contributed by atoms with van der Waals surface area (Å²) in [6, 6.07) is 21.1. The number of hydrogen-bond donors (Lipinski definition) is 0. The molecular weight excluding hydrogens is 441 g/mol. The van der Waals surface area contributed by atoms with Gasteiger partial charge in [-0.15, -0.1) is 24.3 Å². The number of nitrogens with zero attached hydrogens (tertiary/aromatic N) is 3. The third-order valence-corrected chi connectivity index (χ3v) is 2.68. The number of benzene rings is 1. The van der Waals surface area contributed by atoms with E-state index in [0.717, 1.165) is 22.5 Å². The molecule has 106 valence electrons. The molecule has 0 saturated carbocycles. The average Bonchev–Trinajstić information content (AvgIpc) is 2.58. The van der Waals surface area contributed by atoms with Crippen LogP contribution >= 0.6 is 0 Å². The van der Waals surface area contributed by atoms with Gasteiger partial charge in [0.1, 0.15) is 0 Å². The molecule has 0 fully saturated rings. The van der Waals surface area contributed by atoms with Crippen molar-refractivity contribution in [2.45, 2.75) is 0 Å². The van der Waals surface area contributed by atoms with Gasteiger partial charge in [0.2, 0.25) is 0 Å². The molecule has 0 unspecified atom stereocenters. The van der Waals surface area contributed by atoms with Crippen molar-refractivity contribution < 1.29 is 21.1 Å². The van der Waals surface area contributed by atoms with E-state index in [1.165, 1.54) is 0 Å². The molecule has 3 rings (SSSR count). The van der Waals surface area contributed by atoms with Crippen molar-refractivity contribution in [3.63, 3.8) is 0 Å². The van der Waals surface area contributed by atoms with Gasteiger partial charge in [0.15, 0.2) is 0 Å². The van der Waals surface area contributed by atoms with Gasteiger partial charge in [-0.05, 0) is 12.1 Å². The molecule has 4 heteroatoms. The minimum Gasteiger partial charge on any atom is -0.512 e. The largest absolute Gasteiger partial charge is 0.512 e. The normalized spacial score (nSPS) is 8.86. The molecule has 3 aromatic rings. The van der Waals surface area contributed by atoms with Gasteiger partial charge < -0.3 is 11.8 Å². The zero-order valence-electron chi connectivity index (χ0n) is 11.0. The standard InChI is InChI=1S/C16H11N2.CN.Pt/c1-3-10-17-15(8-1)13-6-5-7-14(12-13)16-9-2-4-11-18-16;1-2;/h1-11H;;/q2*-1;. The van der Waals surface area contributed by atoms with Crippen molar-refractivity contribution >= 4 is 0 Å². The maximum Gasteiger partial charge on any atom is 0.0183 e. The van der Waals surface area contributed by atoms with Crippen LogP contribution in [0.15, 0.2) is 67.0 Å². The summed E-state index contributed by atoms with van der Waals surface area (Å²) in [6.45, 7) is 4.75. The summed E-state index contributed by atoms with van der Waals surface area (Å²) in [6.07, 6.45) is 3.58. The zero-order valence-corrected chi connectivity index (χ0v) is 13.3. The topological polar surface area (TPSA) is 49.6 Å². The van der Waals surface area contributed by atoms with Gasteiger partial charge in [-0.25, -0.2) is 0 Å². The Kier molecular flexibility index (Phi) is 7.01. The SMILES string of the molecule is [C-]#N.[Pt].[c-]1c(-c2ccccn2)cccc1-c1ccccn1. The summed E-state index contributed by atoms with van der Waals surface area (Å²) in [5, 5.41) is 6.25. The Bertz CT molecular complexity index is 627. The molecule has 0 N–H and O–H groups in total. The van der Waals surface area contributed by atoms with E-state index in [0.29, 0.717) is 0 Å². The summed E-state index contributed by atoms with van der Waals surface area (Å²) >= 11 is 0. The first-order chi connectivity index (χ1) is 9.93. The molecular formula is C17H11N3Pt-2. The minimum absolute atomic E-state index is 0. The first-order valence-electron chi connectivity index (χ1n) is 6.01. The molecule has 0 aliphatic rings. The molecule has 2 aromatic heterocycles. The molecule has 0 amide bonds. The van der Waals surface area contributed by atoms with E-state index in [1.54, 1.807) is 12.4 Å². The second kappa shape index (κ2) is 8.79. The number of rotatable bonds is 2. The Morgan fingerprint density at radius 1 is 0.714 bits per heavy atom. The van der Waals surface area contributed by atoms with E-state index in [4.69, 9.17) is 11.8 Å². The monoisotopic (exact) mass is 452 g/mol. The van der Waals surface area contributed by atoms with E-state index < -0.39 is 0 Å². The van der Waals surface area contributed by atoms with Gasteiger partial charge in [-0.1, -0.05) is 35.4 Å². The van der Waals surface area contributed by atoms with Crippen LogP contribution in [0.3, 0.4) is 0 Å². The van der Waals surface area contributed by atoms with Crippen LogP contribution in [-0.4, -0.2) is 9.97 Å². The Morgan fingerprint density at radius 2 is 1.19 bits per heavy atom. The summed E-state index contributed by atoms with van der Waals surface area (Å²) in [5.41, 5.74) is 3.82. The predicted octanol–water partition coefficient (Wildman–Crippen LogP) is 3.70. The molecule has 0 aliphatic heterocycles. The van der Waals surface area contributed by atoms with Crippen molar-refractivity contribution in [3.8, 4) is 22.5 Å². The van der Waals surface area contributed by atoms with Crippen LogP contribution in [0.5, 0.6) is 0 Å². The van der Waals surface area contributed by atoms with Crippen molar-refractivity contribution in [2.75, 3.05) is 0 Å². The number of pyridine rings is 2.